The predicted octanol–water partition coefficient (Wildman–Crippen LogP) is 3.76. The quantitative estimate of drug-likeness (QED) is 0.667. The van der Waals surface area contributed by atoms with Crippen LogP contribution in [0.15, 0.2) is 40.9 Å². The molecule has 0 aliphatic carbocycles. The summed E-state index contributed by atoms with van der Waals surface area (Å²) in [5, 5.41) is 0. The highest BCUT2D eigenvalue weighted by molar-refractivity contribution is 9.10. The van der Waals surface area contributed by atoms with Gasteiger partial charge in [0.2, 0.25) is 0 Å². The van der Waals surface area contributed by atoms with Crippen LogP contribution < -0.4 is 11.3 Å². The highest BCUT2D eigenvalue weighted by atomic mass is 79.9. The molecule has 0 spiro atoms. The maximum Gasteiger partial charge on any atom is 0.124 e. The molecule has 2 aromatic carbocycles. The molecule has 2 nitrogen and oxygen atoms in total. The molecule has 0 bridgehead atoms. The van der Waals surface area contributed by atoms with Gasteiger partial charge in [0.1, 0.15) is 5.82 Å². The van der Waals surface area contributed by atoms with Gasteiger partial charge in [-0.2, -0.15) is 0 Å². The van der Waals surface area contributed by atoms with Crippen LogP contribution in [-0.2, 0) is 0 Å². The average Bonchev–Trinajstić information content (AvgIpc) is 2.37. The predicted molar refractivity (Wildman–Crippen MR) is 79.2 cm³/mol. The minimum absolute atomic E-state index is 0.171. The van der Waals surface area contributed by atoms with Gasteiger partial charge < -0.3 is 0 Å². The molecule has 0 saturated carbocycles. The van der Waals surface area contributed by atoms with Crippen molar-refractivity contribution in [1.82, 2.24) is 5.43 Å². The zero-order chi connectivity index (χ0) is 14.0. The van der Waals surface area contributed by atoms with Crippen molar-refractivity contribution in [3.8, 4) is 0 Å². The van der Waals surface area contributed by atoms with Crippen LogP contribution in [0.1, 0.15) is 28.3 Å². The molecule has 0 aliphatic heterocycles. The molecule has 1 atom stereocenters. The highest BCUT2D eigenvalue weighted by Gasteiger charge is 2.18. The fourth-order valence-corrected chi connectivity index (χ4v) is 2.75. The summed E-state index contributed by atoms with van der Waals surface area (Å²) in [6, 6.07) is 10.6. The van der Waals surface area contributed by atoms with Gasteiger partial charge in [-0.05, 0) is 48.2 Å². The van der Waals surface area contributed by atoms with Crippen LogP contribution >= 0.6 is 15.9 Å². The lowest BCUT2D eigenvalue weighted by Crippen LogP contribution is -2.29. The molecule has 3 N–H and O–H groups in total. The standard InChI is InChI=1S/C15H16BrFN2/c1-9-4-3-5-12(10(9)2)15(19-18)13-7-6-11(17)8-14(13)16/h3-8,15,19H,18H2,1-2H3. The maximum atomic E-state index is 13.2. The fourth-order valence-electron chi connectivity index (χ4n) is 2.17. The zero-order valence-corrected chi connectivity index (χ0v) is 12.5. The summed E-state index contributed by atoms with van der Waals surface area (Å²) in [6.45, 7) is 4.12. The number of hydrogen-bond acceptors (Lipinski definition) is 2. The molecule has 0 amide bonds. The van der Waals surface area contributed by atoms with Gasteiger partial charge >= 0.3 is 0 Å². The molecule has 100 valence electrons. The first-order valence-corrected chi connectivity index (χ1v) is 6.81. The molecule has 2 rings (SSSR count). The molecule has 2 aromatic rings. The molecule has 0 radical (unpaired) electrons. The molecule has 4 heteroatoms. The Hall–Kier alpha value is -1.23. The van der Waals surface area contributed by atoms with Crippen molar-refractivity contribution >= 4 is 15.9 Å². The maximum absolute atomic E-state index is 13.2. The van der Waals surface area contributed by atoms with E-state index < -0.39 is 0 Å². The Balaban J connectivity index is 2.53. The van der Waals surface area contributed by atoms with Crippen LogP contribution in [0.25, 0.3) is 0 Å². The minimum Gasteiger partial charge on any atom is -0.271 e. The van der Waals surface area contributed by atoms with E-state index in [0.717, 1.165) is 11.1 Å². The Labute approximate surface area is 120 Å². The van der Waals surface area contributed by atoms with Gasteiger partial charge in [0.25, 0.3) is 0 Å². The van der Waals surface area contributed by atoms with Crippen molar-refractivity contribution in [2.24, 2.45) is 5.84 Å². The van der Waals surface area contributed by atoms with Crippen molar-refractivity contribution in [3.05, 3.63) is 68.9 Å². The largest absolute Gasteiger partial charge is 0.271 e. The van der Waals surface area contributed by atoms with Crippen molar-refractivity contribution in [2.45, 2.75) is 19.9 Å². The number of nitrogens with two attached hydrogens (primary N) is 1. The van der Waals surface area contributed by atoms with E-state index in [4.69, 9.17) is 5.84 Å². The normalized spacial score (nSPS) is 12.5. The van der Waals surface area contributed by atoms with Gasteiger partial charge in [0.15, 0.2) is 0 Å². The van der Waals surface area contributed by atoms with E-state index >= 15 is 0 Å². The van der Waals surface area contributed by atoms with Crippen LogP contribution in [0.2, 0.25) is 0 Å². The SMILES string of the molecule is Cc1cccc(C(NN)c2ccc(F)cc2Br)c1C. The first kappa shape index (κ1) is 14.2. The first-order valence-electron chi connectivity index (χ1n) is 6.01. The number of hydrazine groups is 1. The van der Waals surface area contributed by atoms with Crippen molar-refractivity contribution in [3.63, 3.8) is 0 Å². The molecule has 0 fully saturated rings. The Morgan fingerprint density at radius 1 is 1.16 bits per heavy atom. The second-order valence-corrected chi connectivity index (χ2v) is 5.41. The summed E-state index contributed by atoms with van der Waals surface area (Å²) in [4.78, 5) is 0. The number of rotatable bonds is 3. The first-order chi connectivity index (χ1) is 9.04. The molecule has 0 saturated heterocycles. The second-order valence-electron chi connectivity index (χ2n) is 4.55. The number of halogens is 2. The molecule has 19 heavy (non-hydrogen) atoms. The summed E-state index contributed by atoms with van der Waals surface area (Å²) in [7, 11) is 0. The summed E-state index contributed by atoms with van der Waals surface area (Å²) < 4.78 is 13.9. The van der Waals surface area contributed by atoms with Gasteiger partial charge in [-0.25, -0.2) is 9.82 Å². The number of benzene rings is 2. The van der Waals surface area contributed by atoms with Crippen LogP contribution in [-0.4, -0.2) is 0 Å². The highest BCUT2D eigenvalue weighted by Crippen LogP contribution is 2.31. The number of aryl methyl sites for hydroxylation is 1. The van der Waals surface area contributed by atoms with Crippen LogP contribution in [0.3, 0.4) is 0 Å². The number of hydrogen-bond donors (Lipinski definition) is 2. The van der Waals surface area contributed by atoms with Crippen molar-refractivity contribution < 1.29 is 4.39 Å². The molecule has 0 heterocycles. The Morgan fingerprint density at radius 2 is 1.89 bits per heavy atom. The van der Waals surface area contributed by atoms with E-state index in [-0.39, 0.29) is 11.9 Å². The van der Waals surface area contributed by atoms with Gasteiger partial charge in [0.05, 0.1) is 6.04 Å². The van der Waals surface area contributed by atoms with Gasteiger partial charge in [-0.15, -0.1) is 0 Å². The van der Waals surface area contributed by atoms with Crippen molar-refractivity contribution in [2.75, 3.05) is 0 Å². The smallest absolute Gasteiger partial charge is 0.124 e. The Bertz CT molecular complexity index is 599. The monoisotopic (exact) mass is 322 g/mol. The lowest BCUT2D eigenvalue weighted by molar-refractivity contribution is 0.611. The number of nitrogens with one attached hydrogen (secondary N) is 1. The van der Waals surface area contributed by atoms with E-state index in [1.54, 1.807) is 6.07 Å². The van der Waals surface area contributed by atoms with Crippen LogP contribution in [0, 0.1) is 19.7 Å². The van der Waals surface area contributed by atoms with Crippen LogP contribution in [0.5, 0.6) is 0 Å². The third-order valence-corrected chi connectivity index (χ3v) is 4.08. The topological polar surface area (TPSA) is 38.0 Å². The van der Waals surface area contributed by atoms with E-state index in [1.807, 2.05) is 12.1 Å². The third kappa shape index (κ3) is 2.86. The summed E-state index contributed by atoms with van der Waals surface area (Å²) in [5.74, 6) is 5.43. The second kappa shape index (κ2) is 5.82. The summed E-state index contributed by atoms with van der Waals surface area (Å²) in [5.41, 5.74) is 7.20. The van der Waals surface area contributed by atoms with Crippen molar-refractivity contribution in [1.29, 1.82) is 0 Å². The minimum atomic E-state index is -0.271. The average molecular weight is 323 g/mol. The fraction of sp³-hybridized carbons (Fsp3) is 0.200. The molecular weight excluding hydrogens is 307 g/mol. The lowest BCUT2D eigenvalue weighted by atomic mass is 9.93. The Morgan fingerprint density at radius 3 is 2.53 bits per heavy atom. The molecular formula is C15H16BrFN2. The Kier molecular flexibility index (Phi) is 4.34. The summed E-state index contributed by atoms with van der Waals surface area (Å²) in [6.07, 6.45) is 0. The van der Waals surface area contributed by atoms with E-state index in [0.29, 0.717) is 4.47 Å². The summed E-state index contributed by atoms with van der Waals surface area (Å²) >= 11 is 3.39. The van der Waals surface area contributed by atoms with Gasteiger partial charge in [-0.1, -0.05) is 40.2 Å². The molecule has 0 aliphatic rings. The molecule has 1 unspecified atom stereocenters. The van der Waals surface area contributed by atoms with E-state index in [9.17, 15) is 4.39 Å². The lowest BCUT2D eigenvalue weighted by Gasteiger charge is -2.21. The van der Waals surface area contributed by atoms with Crippen LogP contribution in [0.4, 0.5) is 4.39 Å². The van der Waals surface area contributed by atoms with E-state index in [2.05, 4.69) is 41.3 Å². The molecule has 0 aromatic heterocycles. The third-order valence-electron chi connectivity index (χ3n) is 3.40. The zero-order valence-electron chi connectivity index (χ0n) is 10.9. The van der Waals surface area contributed by atoms with Gasteiger partial charge in [-0.3, -0.25) is 5.84 Å². The van der Waals surface area contributed by atoms with E-state index in [1.165, 1.54) is 23.3 Å². The van der Waals surface area contributed by atoms with Gasteiger partial charge in [0, 0.05) is 4.47 Å².